The van der Waals surface area contributed by atoms with Crippen LogP contribution in [-0.2, 0) is 19.6 Å². The second kappa shape index (κ2) is 8.68. The van der Waals surface area contributed by atoms with Gasteiger partial charge in [-0.1, -0.05) is 24.8 Å². The predicted octanol–water partition coefficient (Wildman–Crippen LogP) is 4.53. The van der Waals surface area contributed by atoms with Gasteiger partial charge in [-0.2, -0.15) is 0 Å². The lowest BCUT2D eigenvalue weighted by molar-refractivity contribution is -0.144. The molecule has 0 spiro atoms. The van der Waals surface area contributed by atoms with Gasteiger partial charge in [-0.05, 0) is 48.6 Å². The zero-order valence-corrected chi connectivity index (χ0v) is 19.9. The molecule has 1 aliphatic heterocycles. The zero-order chi connectivity index (χ0) is 22.2. The first-order valence-electron chi connectivity index (χ1n) is 9.86. The second-order valence-electron chi connectivity index (χ2n) is 7.27. The lowest BCUT2D eigenvalue weighted by Crippen LogP contribution is -2.26. The maximum atomic E-state index is 13.1. The van der Waals surface area contributed by atoms with E-state index in [1.165, 1.54) is 27.4 Å². The number of hydrogen-bond acceptors (Lipinski definition) is 7. The summed E-state index contributed by atoms with van der Waals surface area (Å²) in [4.78, 5) is 19.6. The molecule has 1 unspecified atom stereocenters. The first-order valence-corrected chi connectivity index (χ1v) is 13.1. The van der Waals surface area contributed by atoms with Crippen LogP contribution in [-0.4, -0.2) is 43.4 Å². The fourth-order valence-corrected chi connectivity index (χ4v) is 6.69. The Balaban J connectivity index is 1.64. The van der Waals surface area contributed by atoms with Gasteiger partial charge in [0.2, 0.25) is 0 Å². The third-order valence-electron chi connectivity index (χ3n) is 4.88. The van der Waals surface area contributed by atoms with Crippen LogP contribution in [0, 0.1) is 6.92 Å². The average Bonchev–Trinajstić information content (AvgIpc) is 3.47. The molecule has 1 atom stereocenters. The van der Waals surface area contributed by atoms with Crippen LogP contribution < -0.4 is 4.31 Å². The highest BCUT2D eigenvalue weighted by Crippen LogP contribution is 2.35. The van der Waals surface area contributed by atoms with E-state index in [4.69, 9.17) is 4.74 Å². The molecular formula is C21H23N3O4S3. The molecule has 164 valence electrons. The van der Waals surface area contributed by atoms with Crippen molar-refractivity contribution in [2.75, 3.05) is 17.9 Å². The molecular weight excluding hydrogens is 454 g/mol. The smallest absolute Gasteiger partial charge is 0.306 e. The number of aliphatic imine (C=N–C) groups is 1. The summed E-state index contributed by atoms with van der Waals surface area (Å²) in [6, 6.07) is 9.15. The van der Waals surface area contributed by atoms with Crippen molar-refractivity contribution in [2.45, 2.75) is 36.3 Å². The van der Waals surface area contributed by atoms with Crippen molar-refractivity contribution in [3.63, 3.8) is 0 Å². The van der Waals surface area contributed by atoms with E-state index in [2.05, 4.69) is 9.98 Å². The number of aryl methyl sites for hydroxylation is 1. The Kier molecular flexibility index (Phi) is 6.14. The van der Waals surface area contributed by atoms with Crippen molar-refractivity contribution in [3.8, 4) is 0 Å². The summed E-state index contributed by atoms with van der Waals surface area (Å²) < 4.78 is 33.2. The third kappa shape index (κ3) is 4.37. The first-order chi connectivity index (χ1) is 14.8. The van der Waals surface area contributed by atoms with Gasteiger partial charge in [-0.25, -0.2) is 8.42 Å². The third-order valence-corrected chi connectivity index (χ3v) is 9.10. The minimum Gasteiger partial charge on any atom is -0.449 e. The molecule has 7 nitrogen and oxygen atoms in total. The number of hydrogen-bond donors (Lipinski definition) is 1. The van der Waals surface area contributed by atoms with Crippen LogP contribution >= 0.6 is 23.1 Å². The SMILES string of the molecule is CCCC(=O)OC1CN=C(c2cc3cc(C)cc(N(C)S(=O)(=O)c4cccs4)c3[nH]2)S1. The maximum Gasteiger partial charge on any atom is 0.306 e. The molecule has 0 saturated heterocycles. The van der Waals surface area contributed by atoms with Crippen molar-refractivity contribution in [1.82, 2.24) is 4.98 Å². The van der Waals surface area contributed by atoms with Gasteiger partial charge in [0.15, 0.2) is 5.44 Å². The zero-order valence-electron chi connectivity index (χ0n) is 17.4. The van der Waals surface area contributed by atoms with Crippen molar-refractivity contribution in [2.24, 2.45) is 4.99 Å². The molecule has 1 aromatic carbocycles. The largest absolute Gasteiger partial charge is 0.449 e. The monoisotopic (exact) mass is 477 g/mol. The summed E-state index contributed by atoms with van der Waals surface area (Å²) in [6.45, 7) is 4.28. The number of esters is 1. The quantitative estimate of drug-likeness (QED) is 0.505. The Labute approximate surface area is 189 Å². The van der Waals surface area contributed by atoms with E-state index in [-0.39, 0.29) is 11.4 Å². The van der Waals surface area contributed by atoms with Crippen molar-refractivity contribution in [1.29, 1.82) is 0 Å². The van der Waals surface area contributed by atoms with Crippen LogP contribution in [0.3, 0.4) is 0 Å². The number of carbonyl (C=O) groups is 1. The maximum absolute atomic E-state index is 13.1. The van der Waals surface area contributed by atoms with Crippen LogP contribution in [0.1, 0.15) is 31.0 Å². The Morgan fingerprint density at radius 2 is 2.16 bits per heavy atom. The number of H-pyrrole nitrogens is 1. The molecule has 1 N–H and O–H groups in total. The fourth-order valence-electron chi connectivity index (χ4n) is 3.39. The molecule has 0 aliphatic carbocycles. The first kappa shape index (κ1) is 21.9. The summed E-state index contributed by atoms with van der Waals surface area (Å²) in [5, 5.41) is 3.39. The summed E-state index contributed by atoms with van der Waals surface area (Å²) in [5.41, 5.74) is 2.70. The number of fused-ring (bicyclic) bond motifs is 1. The fraction of sp³-hybridized carbons (Fsp3) is 0.333. The topological polar surface area (TPSA) is 91.8 Å². The minimum atomic E-state index is -3.66. The molecule has 10 heteroatoms. The summed E-state index contributed by atoms with van der Waals surface area (Å²) >= 11 is 2.59. The molecule has 0 bridgehead atoms. The number of thiophene rings is 1. The van der Waals surface area contributed by atoms with E-state index >= 15 is 0 Å². The molecule has 0 radical (unpaired) electrons. The number of anilines is 1. The van der Waals surface area contributed by atoms with Crippen LogP contribution in [0.4, 0.5) is 5.69 Å². The average molecular weight is 478 g/mol. The number of aromatic nitrogens is 1. The number of carbonyl (C=O) groups excluding carboxylic acids is 1. The number of nitrogens with one attached hydrogen (secondary N) is 1. The van der Waals surface area contributed by atoms with E-state index in [1.54, 1.807) is 24.6 Å². The van der Waals surface area contributed by atoms with Crippen LogP contribution in [0.25, 0.3) is 10.9 Å². The van der Waals surface area contributed by atoms with Gasteiger partial charge in [0.1, 0.15) is 9.25 Å². The van der Waals surface area contributed by atoms with Gasteiger partial charge < -0.3 is 9.72 Å². The summed E-state index contributed by atoms with van der Waals surface area (Å²) in [5.74, 6) is -0.216. The Morgan fingerprint density at radius 1 is 1.35 bits per heavy atom. The molecule has 2 aromatic heterocycles. The standard InChI is InChI=1S/C21H23N3O4S3/c1-4-6-17(25)28-18-12-22-21(30-18)15-11-14-9-13(2)10-16(20(14)23-15)24(3)31(26,27)19-7-5-8-29-19/h5,7-11,18,23H,4,6,12H2,1-3H3. The molecule has 0 amide bonds. The van der Waals surface area contributed by atoms with E-state index in [9.17, 15) is 13.2 Å². The molecule has 3 heterocycles. The molecule has 3 aromatic rings. The molecule has 0 saturated carbocycles. The lowest BCUT2D eigenvalue weighted by atomic mass is 10.1. The number of sulfonamides is 1. The van der Waals surface area contributed by atoms with E-state index < -0.39 is 10.0 Å². The van der Waals surface area contributed by atoms with Crippen LogP contribution in [0.5, 0.6) is 0 Å². The minimum absolute atomic E-state index is 0.216. The number of rotatable bonds is 7. The van der Waals surface area contributed by atoms with Gasteiger partial charge in [0, 0.05) is 18.9 Å². The van der Waals surface area contributed by atoms with Gasteiger partial charge in [-0.3, -0.25) is 14.1 Å². The summed E-state index contributed by atoms with van der Waals surface area (Å²) in [6.07, 6.45) is 1.14. The number of benzene rings is 1. The number of ether oxygens (including phenoxy) is 1. The van der Waals surface area contributed by atoms with Crippen LogP contribution in [0.15, 0.2) is 44.9 Å². The normalized spacial score (nSPS) is 16.5. The highest BCUT2D eigenvalue weighted by atomic mass is 32.2. The second-order valence-corrected chi connectivity index (χ2v) is 11.6. The lowest BCUT2D eigenvalue weighted by Gasteiger charge is -2.20. The van der Waals surface area contributed by atoms with E-state index in [1.807, 2.05) is 32.0 Å². The number of thioether (sulfide) groups is 1. The van der Waals surface area contributed by atoms with E-state index in [0.717, 1.165) is 33.6 Å². The highest BCUT2D eigenvalue weighted by Gasteiger charge is 2.27. The van der Waals surface area contributed by atoms with Gasteiger partial charge in [0.05, 0.1) is 23.4 Å². The predicted molar refractivity (Wildman–Crippen MR) is 127 cm³/mol. The Hall–Kier alpha value is -2.30. The molecule has 0 fully saturated rings. The Bertz CT molecular complexity index is 1250. The van der Waals surface area contributed by atoms with Crippen molar-refractivity contribution in [3.05, 3.63) is 47.0 Å². The van der Waals surface area contributed by atoms with Crippen LogP contribution in [0.2, 0.25) is 0 Å². The van der Waals surface area contributed by atoms with Crippen molar-refractivity contribution >= 4 is 60.7 Å². The van der Waals surface area contributed by atoms with Gasteiger partial charge >= 0.3 is 5.97 Å². The molecule has 4 rings (SSSR count). The van der Waals surface area contributed by atoms with Gasteiger partial charge in [-0.15, -0.1) is 11.3 Å². The molecule has 1 aliphatic rings. The summed E-state index contributed by atoms with van der Waals surface area (Å²) in [7, 11) is -2.09. The van der Waals surface area contributed by atoms with Gasteiger partial charge in [0.25, 0.3) is 10.0 Å². The van der Waals surface area contributed by atoms with Crippen molar-refractivity contribution < 1.29 is 17.9 Å². The number of aromatic amines is 1. The van der Waals surface area contributed by atoms with E-state index in [0.29, 0.717) is 22.9 Å². The number of nitrogens with zero attached hydrogens (tertiary/aromatic N) is 2. The molecule has 31 heavy (non-hydrogen) atoms. The highest BCUT2D eigenvalue weighted by molar-refractivity contribution is 8.15. The Morgan fingerprint density at radius 3 is 2.87 bits per heavy atom.